The molecule has 0 fully saturated rings. The maximum Gasteiger partial charge on any atom is 0.295 e. The standard InChI is InChI=1S/C20H16N8O6S2/c29-35(30,31)15-7-3-1-5-13(15)17(27-19-23-9-21-10-24-19)18(28-20-25-11-22-12-26-20)14-6-2-4-8-16(14)36(32,33)34/h1-12H,(H,29,30,31)(H,32,33,34)(H,21,23,24,27)(H,22,25,26,28). The van der Waals surface area contributed by atoms with E-state index in [0.717, 1.165) is 12.1 Å². The van der Waals surface area contributed by atoms with Gasteiger partial charge in [0, 0.05) is 11.1 Å². The molecular weight excluding hydrogens is 512 g/mol. The Morgan fingerprint density at radius 1 is 0.583 bits per heavy atom. The average Bonchev–Trinajstić information content (AvgIpc) is 2.86. The molecule has 4 rings (SSSR count). The summed E-state index contributed by atoms with van der Waals surface area (Å²) in [7, 11) is -9.52. The molecular formula is C20H16N8O6S2. The van der Waals surface area contributed by atoms with E-state index in [9.17, 15) is 25.9 Å². The van der Waals surface area contributed by atoms with E-state index in [1.165, 1.54) is 61.7 Å². The molecule has 2 aromatic heterocycles. The first-order chi connectivity index (χ1) is 17.1. The van der Waals surface area contributed by atoms with Crippen molar-refractivity contribution in [1.29, 1.82) is 0 Å². The van der Waals surface area contributed by atoms with Gasteiger partial charge in [-0.2, -0.15) is 16.8 Å². The third kappa shape index (κ3) is 5.63. The number of anilines is 2. The second-order valence-corrected chi connectivity index (χ2v) is 9.65. The molecule has 4 aromatic rings. The van der Waals surface area contributed by atoms with E-state index in [4.69, 9.17) is 0 Å². The van der Waals surface area contributed by atoms with Gasteiger partial charge < -0.3 is 10.6 Å². The zero-order valence-electron chi connectivity index (χ0n) is 18.0. The van der Waals surface area contributed by atoms with Crippen molar-refractivity contribution in [2.24, 2.45) is 0 Å². The molecule has 0 saturated carbocycles. The summed E-state index contributed by atoms with van der Waals surface area (Å²) < 4.78 is 68.7. The Hall–Kier alpha value is -4.38. The Kier molecular flexibility index (Phi) is 6.93. The van der Waals surface area contributed by atoms with Crippen LogP contribution in [0.2, 0.25) is 0 Å². The van der Waals surface area contributed by atoms with Crippen LogP contribution in [0.1, 0.15) is 11.1 Å². The molecule has 0 atom stereocenters. The zero-order valence-corrected chi connectivity index (χ0v) is 19.6. The Morgan fingerprint density at radius 3 is 1.25 bits per heavy atom. The Bertz CT molecular complexity index is 1510. The van der Waals surface area contributed by atoms with Crippen LogP contribution in [0.3, 0.4) is 0 Å². The van der Waals surface area contributed by atoms with Crippen LogP contribution >= 0.6 is 0 Å². The molecule has 4 N–H and O–H groups in total. The topological polar surface area (TPSA) is 210 Å². The summed E-state index contributed by atoms with van der Waals surface area (Å²) in [6, 6.07) is 10.8. The van der Waals surface area contributed by atoms with Crippen LogP contribution in [0.5, 0.6) is 0 Å². The molecule has 0 aliphatic carbocycles. The van der Waals surface area contributed by atoms with Crippen molar-refractivity contribution in [3.63, 3.8) is 0 Å². The van der Waals surface area contributed by atoms with Gasteiger partial charge in [-0.05, 0) is 12.1 Å². The lowest BCUT2D eigenvalue weighted by molar-refractivity contribution is 0.480. The fourth-order valence-corrected chi connectivity index (χ4v) is 4.55. The highest BCUT2D eigenvalue weighted by atomic mass is 32.2. The van der Waals surface area contributed by atoms with Crippen molar-refractivity contribution in [2.45, 2.75) is 9.79 Å². The molecule has 0 radical (unpaired) electrons. The number of benzene rings is 2. The number of rotatable bonds is 8. The van der Waals surface area contributed by atoms with Gasteiger partial charge in [0.1, 0.15) is 35.1 Å². The monoisotopic (exact) mass is 528 g/mol. The van der Waals surface area contributed by atoms with E-state index >= 15 is 0 Å². The minimum Gasteiger partial charge on any atom is -0.322 e. The second kappa shape index (κ2) is 10.1. The quantitative estimate of drug-likeness (QED) is 0.189. The highest BCUT2D eigenvalue weighted by Crippen LogP contribution is 2.34. The van der Waals surface area contributed by atoms with Gasteiger partial charge in [0.15, 0.2) is 0 Å². The van der Waals surface area contributed by atoms with Gasteiger partial charge in [-0.3, -0.25) is 9.11 Å². The molecule has 2 aromatic carbocycles. The fraction of sp³-hybridized carbons (Fsp3) is 0. The Labute approximate surface area is 204 Å². The number of hydrogen-bond acceptors (Lipinski definition) is 12. The van der Waals surface area contributed by atoms with E-state index in [0.29, 0.717) is 0 Å². The maximum atomic E-state index is 12.2. The van der Waals surface area contributed by atoms with E-state index in [1.807, 2.05) is 0 Å². The minimum atomic E-state index is -4.76. The number of nitrogens with zero attached hydrogens (tertiary/aromatic N) is 6. The first-order valence-corrected chi connectivity index (χ1v) is 12.7. The summed E-state index contributed by atoms with van der Waals surface area (Å²) in [5, 5.41) is 5.67. The molecule has 16 heteroatoms. The molecule has 0 bridgehead atoms. The second-order valence-electron chi connectivity index (χ2n) is 6.87. The lowest BCUT2D eigenvalue weighted by Crippen LogP contribution is -2.16. The predicted octanol–water partition coefficient (Wildman–Crippen LogP) is 1.60. The van der Waals surface area contributed by atoms with Crippen LogP contribution in [0.25, 0.3) is 11.4 Å². The number of aromatic nitrogens is 6. The van der Waals surface area contributed by atoms with Gasteiger partial charge in [-0.1, -0.05) is 36.4 Å². The molecule has 0 saturated heterocycles. The third-order valence-corrected chi connectivity index (χ3v) is 6.40. The van der Waals surface area contributed by atoms with Crippen LogP contribution in [0.15, 0.2) is 83.6 Å². The third-order valence-electron chi connectivity index (χ3n) is 4.58. The number of nitrogens with one attached hydrogen (secondary N) is 2. The molecule has 184 valence electrons. The van der Waals surface area contributed by atoms with Crippen molar-refractivity contribution in [3.8, 4) is 0 Å². The van der Waals surface area contributed by atoms with Crippen molar-refractivity contribution in [1.82, 2.24) is 29.9 Å². The summed E-state index contributed by atoms with van der Waals surface area (Å²) in [6.45, 7) is 0. The van der Waals surface area contributed by atoms with Gasteiger partial charge in [0.05, 0.1) is 11.4 Å². The van der Waals surface area contributed by atoms with Crippen LogP contribution in [0.4, 0.5) is 11.9 Å². The van der Waals surface area contributed by atoms with Crippen molar-refractivity contribution in [2.75, 3.05) is 10.6 Å². The lowest BCUT2D eigenvalue weighted by Gasteiger charge is -2.20. The Morgan fingerprint density at radius 2 is 0.917 bits per heavy atom. The van der Waals surface area contributed by atoms with Gasteiger partial charge in [-0.25, -0.2) is 29.9 Å². The fourth-order valence-electron chi connectivity index (χ4n) is 3.16. The van der Waals surface area contributed by atoms with E-state index in [-0.39, 0.29) is 34.4 Å². The summed E-state index contributed by atoms with van der Waals surface area (Å²) in [4.78, 5) is 22.3. The predicted molar refractivity (Wildman–Crippen MR) is 126 cm³/mol. The van der Waals surface area contributed by atoms with Crippen LogP contribution in [-0.4, -0.2) is 55.8 Å². The molecule has 0 aliphatic rings. The molecule has 0 amide bonds. The summed E-state index contributed by atoms with van der Waals surface area (Å²) in [5.74, 6) is -0.103. The highest BCUT2D eigenvalue weighted by Gasteiger charge is 2.26. The summed E-state index contributed by atoms with van der Waals surface area (Å²) >= 11 is 0. The largest absolute Gasteiger partial charge is 0.322 e. The molecule has 14 nitrogen and oxygen atoms in total. The maximum absolute atomic E-state index is 12.2. The first-order valence-electron chi connectivity index (χ1n) is 9.80. The summed E-state index contributed by atoms with van der Waals surface area (Å²) in [6.07, 6.45) is 4.69. The van der Waals surface area contributed by atoms with Crippen LogP contribution in [-0.2, 0) is 20.2 Å². The van der Waals surface area contributed by atoms with Crippen LogP contribution in [0, 0.1) is 0 Å². The van der Waals surface area contributed by atoms with Crippen molar-refractivity contribution >= 4 is 43.5 Å². The normalized spacial score (nSPS) is 12.5. The molecule has 36 heavy (non-hydrogen) atoms. The SMILES string of the molecule is O=S(=O)(O)c1ccccc1C(Nc1ncncn1)=C(Nc1ncncn1)c1ccccc1S(=O)(=O)O. The average molecular weight is 529 g/mol. The number of hydrogen-bond donors (Lipinski definition) is 4. The van der Waals surface area contributed by atoms with Gasteiger partial charge in [0.2, 0.25) is 11.9 Å². The van der Waals surface area contributed by atoms with Gasteiger partial charge in [0.25, 0.3) is 20.2 Å². The highest BCUT2D eigenvalue weighted by molar-refractivity contribution is 7.86. The Balaban J connectivity index is 2.12. The van der Waals surface area contributed by atoms with E-state index < -0.39 is 30.0 Å². The minimum absolute atomic E-state index is 0.0515. The summed E-state index contributed by atoms with van der Waals surface area (Å²) in [5.41, 5.74) is -0.402. The van der Waals surface area contributed by atoms with Crippen molar-refractivity contribution in [3.05, 3.63) is 85.0 Å². The molecule has 2 heterocycles. The van der Waals surface area contributed by atoms with Crippen molar-refractivity contribution < 1.29 is 25.9 Å². The van der Waals surface area contributed by atoms with E-state index in [2.05, 4.69) is 40.5 Å². The van der Waals surface area contributed by atoms with Crippen LogP contribution < -0.4 is 10.6 Å². The smallest absolute Gasteiger partial charge is 0.295 e. The van der Waals surface area contributed by atoms with E-state index in [1.54, 1.807) is 0 Å². The lowest BCUT2D eigenvalue weighted by atomic mass is 10.0. The molecule has 0 spiro atoms. The first kappa shape index (κ1) is 24.7. The van der Waals surface area contributed by atoms with Gasteiger partial charge >= 0.3 is 0 Å². The molecule has 0 aliphatic heterocycles. The molecule has 0 unspecified atom stereocenters. The zero-order chi connectivity index (χ0) is 25.8. The van der Waals surface area contributed by atoms with Gasteiger partial charge in [-0.15, -0.1) is 0 Å².